The third-order valence-corrected chi connectivity index (χ3v) is 1.96. The first-order valence-electron chi connectivity index (χ1n) is 3.46. The van der Waals surface area contributed by atoms with E-state index < -0.39 is 5.97 Å². The standard InChI is InChI=1S/C8H8N2O2S/c9-7-2-1-6(5-10-7)13-4-3-8(11)12/h1-5H,(H2,9,10)(H,11,12). The number of hydrogen-bond donors (Lipinski definition) is 2. The van der Waals surface area contributed by atoms with Gasteiger partial charge in [-0.15, -0.1) is 0 Å². The highest BCUT2D eigenvalue weighted by molar-refractivity contribution is 8.02. The van der Waals surface area contributed by atoms with Gasteiger partial charge >= 0.3 is 5.97 Å². The lowest BCUT2D eigenvalue weighted by Gasteiger charge is -1.94. The highest BCUT2D eigenvalue weighted by atomic mass is 32.2. The number of rotatable bonds is 3. The SMILES string of the molecule is Nc1ccc(SC=CC(=O)O)cn1. The molecule has 68 valence electrons. The van der Waals surface area contributed by atoms with Crippen LogP contribution < -0.4 is 5.73 Å². The molecule has 1 aromatic rings. The van der Waals surface area contributed by atoms with Crippen molar-refractivity contribution in [2.75, 3.05) is 5.73 Å². The van der Waals surface area contributed by atoms with Crippen molar-refractivity contribution in [1.29, 1.82) is 0 Å². The predicted molar refractivity (Wildman–Crippen MR) is 51.3 cm³/mol. The lowest BCUT2D eigenvalue weighted by molar-refractivity contribution is -0.131. The van der Waals surface area contributed by atoms with Gasteiger partial charge in [-0.3, -0.25) is 0 Å². The van der Waals surface area contributed by atoms with Gasteiger partial charge in [0, 0.05) is 17.2 Å². The third-order valence-electron chi connectivity index (χ3n) is 1.17. The number of anilines is 1. The number of carbonyl (C=O) groups is 1. The second kappa shape index (κ2) is 4.51. The van der Waals surface area contributed by atoms with Crippen molar-refractivity contribution in [3.05, 3.63) is 29.8 Å². The topological polar surface area (TPSA) is 76.2 Å². The molecular weight excluding hydrogens is 188 g/mol. The minimum absolute atomic E-state index is 0.451. The van der Waals surface area contributed by atoms with E-state index in [1.54, 1.807) is 18.3 Å². The summed E-state index contributed by atoms with van der Waals surface area (Å²) in [4.78, 5) is 14.8. The van der Waals surface area contributed by atoms with Crippen LogP contribution in [0.15, 0.2) is 34.7 Å². The summed E-state index contributed by atoms with van der Waals surface area (Å²) >= 11 is 1.28. The highest BCUT2D eigenvalue weighted by Crippen LogP contribution is 2.18. The second-order valence-corrected chi connectivity index (χ2v) is 3.16. The Bertz CT molecular complexity index is 321. The van der Waals surface area contributed by atoms with Gasteiger partial charge in [0.05, 0.1) is 0 Å². The molecule has 0 spiro atoms. The van der Waals surface area contributed by atoms with Crippen LogP contribution in [0.1, 0.15) is 0 Å². The molecule has 1 heterocycles. The van der Waals surface area contributed by atoms with Gasteiger partial charge < -0.3 is 10.8 Å². The van der Waals surface area contributed by atoms with E-state index in [9.17, 15) is 4.79 Å². The van der Waals surface area contributed by atoms with Gasteiger partial charge in [0.25, 0.3) is 0 Å². The van der Waals surface area contributed by atoms with Gasteiger partial charge in [0.2, 0.25) is 0 Å². The van der Waals surface area contributed by atoms with Crippen molar-refractivity contribution >= 4 is 23.5 Å². The second-order valence-electron chi connectivity index (χ2n) is 2.18. The fourth-order valence-corrected chi connectivity index (χ4v) is 1.23. The number of aliphatic carboxylic acids is 1. The number of nitrogens with zero attached hydrogens (tertiary/aromatic N) is 1. The number of aromatic nitrogens is 1. The Balaban J connectivity index is 2.55. The number of nitrogens with two attached hydrogens (primary N) is 1. The van der Waals surface area contributed by atoms with Crippen LogP contribution in [0.25, 0.3) is 0 Å². The van der Waals surface area contributed by atoms with E-state index in [2.05, 4.69) is 4.98 Å². The van der Waals surface area contributed by atoms with E-state index >= 15 is 0 Å². The molecule has 0 saturated carbocycles. The van der Waals surface area contributed by atoms with Gasteiger partial charge in [-0.05, 0) is 17.5 Å². The zero-order valence-electron chi connectivity index (χ0n) is 6.68. The Hall–Kier alpha value is -1.49. The Morgan fingerprint density at radius 1 is 1.62 bits per heavy atom. The van der Waals surface area contributed by atoms with Crippen molar-refractivity contribution in [2.24, 2.45) is 0 Å². The summed E-state index contributed by atoms with van der Waals surface area (Å²) in [6, 6.07) is 3.44. The minimum atomic E-state index is -0.962. The van der Waals surface area contributed by atoms with Crippen molar-refractivity contribution in [1.82, 2.24) is 4.98 Å². The summed E-state index contributed by atoms with van der Waals surface area (Å²) < 4.78 is 0. The fourth-order valence-electron chi connectivity index (χ4n) is 0.632. The van der Waals surface area contributed by atoms with Gasteiger partial charge in [0.1, 0.15) is 5.82 Å². The minimum Gasteiger partial charge on any atom is -0.478 e. The van der Waals surface area contributed by atoms with Crippen LogP contribution in [0.3, 0.4) is 0 Å². The zero-order chi connectivity index (χ0) is 9.68. The molecule has 0 aliphatic heterocycles. The molecular formula is C8H8N2O2S. The monoisotopic (exact) mass is 196 g/mol. The maximum atomic E-state index is 10.1. The Morgan fingerprint density at radius 3 is 2.92 bits per heavy atom. The normalized spacial score (nSPS) is 10.5. The Labute approximate surface area is 79.5 Å². The van der Waals surface area contributed by atoms with Crippen molar-refractivity contribution in [2.45, 2.75) is 4.90 Å². The van der Waals surface area contributed by atoms with E-state index in [4.69, 9.17) is 10.8 Å². The number of carboxylic acids is 1. The van der Waals surface area contributed by atoms with Gasteiger partial charge in [0.15, 0.2) is 0 Å². The van der Waals surface area contributed by atoms with E-state index in [0.717, 1.165) is 11.0 Å². The maximum Gasteiger partial charge on any atom is 0.328 e. The first-order valence-corrected chi connectivity index (χ1v) is 4.34. The van der Waals surface area contributed by atoms with E-state index in [0.29, 0.717) is 5.82 Å². The van der Waals surface area contributed by atoms with Gasteiger partial charge in [-0.25, -0.2) is 9.78 Å². The summed E-state index contributed by atoms with van der Waals surface area (Å²) in [6.45, 7) is 0. The quantitative estimate of drug-likeness (QED) is 0.563. The van der Waals surface area contributed by atoms with Crippen LogP contribution in [-0.2, 0) is 4.79 Å². The van der Waals surface area contributed by atoms with Gasteiger partial charge in [-0.2, -0.15) is 0 Å². The molecule has 4 nitrogen and oxygen atoms in total. The first-order chi connectivity index (χ1) is 6.18. The number of nitrogen functional groups attached to an aromatic ring is 1. The largest absolute Gasteiger partial charge is 0.478 e. The molecule has 0 amide bonds. The van der Waals surface area contributed by atoms with Crippen molar-refractivity contribution < 1.29 is 9.90 Å². The number of carboxylic acid groups (broad SMARTS) is 1. The van der Waals surface area contributed by atoms with E-state index in [1.807, 2.05) is 0 Å². The van der Waals surface area contributed by atoms with Crippen LogP contribution >= 0.6 is 11.8 Å². The molecule has 0 bridgehead atoms. The summed E-state index contributed by atoms with van der Waals surface area (Å²) in [5.74, 6) is -0.512. The lowest BCUT2D eigenvalue weighted by Crippen LogP contribution is -1.87. The van der Waals surface area contributed by atoms with Gasteiger partial charge in [-0.1, -0.05) is 11.8 Å². The molecule has 3 N–H and O–H groups in total. The van der Waals surface area contributed by atoms with E-state index in [1.165, 1.54) is 17.2 Å². The lowest BCUT2D eigenvalue weighted by atomic mass is 10.5. The molecule has 0 radical (unpaired) electrons. The average molecular weight is 196 g/mol. The molecule has 0 aromatic carbocycles. The highest BCUT2D eigenvalue weighted by Gasteiger charge is 1.91. The smallest absolute Gasteiger partial charge is 0.328 e. The Morgan fingerprint density at radius 2 is 2.38 bits per heavy atom. The zero-order valence-corrected chi connectivity index (χ0v) is 7.49. The fraction of sp³-hybridized carbons (Fsp3) is 0. The Kier molecular flexibility index (Phi) is 3.33. The summed E-state index contributed by atoms with van der Waals surface area (Å²) in [7, 11) is 0. The third kappa shape index (κ3) is 3.62. The molecule has 1 rings (SSSR count). The molecule has 0 aliphatic carbocycles. The van der Waals surface area contributed by atoms with Crippen LogP contribution in [-0.4, -0.2) is 16.1 Å². The average Bonchev–Trinajstić information content (AvgIpc) is 2.08. The van der Waals surface area contributed by atoms with Crippen LogP contribution in [0, 0.1) is 0 Å². The van der Waals surface area contributed by atoms with Crippen LogP contribution in [0.4, 0.5) is 5.82 Å². The number of pyridine rings is 1. The predicted octanol–water partition coefficient (Wildman–Crippen LogP) is 1.35. The number of thioether (sulfide) groups is 1. The molecule has 0 saturated heterocycles. The summed E-state index contributed by atoms with van der Waals surface area (Å²) in [6.07, 6.45) is 2.66. The van der Waals surface area contributed by atoms with Crippen molar-refractivity contribution in [3.8, 4) is 0 Å². The molecule has 0 fully saturated rings. The maximum absolute atomic E-state index is 10.1. The van der Waals surface area contributed by atoms with E-state index in [-0.39, 0.29) is 0 Å². The summed E-state index contributed by atoms with van der Waals surface area (Å²) in [5, 5.41) is 9.78. The number of hydrogen-bond acceptors (Lipinski definition) is 4. The van der Waals surface area contributed by atoms with Crippen molar-refractivity contribution in [3.63, 3.8) is 0 Å². The van der Waals surface area contributed by atoms with Crippen LogP contribution in [0.5, 0.6) is 0 Å². The molecule has 0 atom stereocenters. The molecule has 1 aromatic heterocycles. The molecule has 5 heteroatoms. The summed E-state index contributed by atoms with van der Waals surface area (Å²) in [5.41, 5.74) is 5.37. The first kappa shape index (κ1) is 9.60. The van der Waals surface area contributed by atoms with Crippen LogP contribution in [0.2, 0.25) is 0 Å². The molecule has 13 heavy (non-hydrogen) atoms. The molecule has 0 unspecified atom stereocenters. The molecule has 0 aliphatic rings.